The van der Waals surface area contributed by atoms with Crippen molar-refractivity contribution in [3.63, 3.8) is 0 Å². The van der Waals surface area contributed by atoms with Gasteiger partial charge in [0.1, 0.15) is 23.0 Å². The van der Waals surface area contributed by atoms with Gasteiger partial charge in [0.15, 0.2) is 11.5 Å². The topological polar surface area (TPSA) is 121 Å². The first-order valence-corrected chi connectivity index (χ1v) is 8.51. The molecule has 6 rings (SSSR count). The summed E-state index contributed by atoms with van der Waals surface area (Å²) >= 11 is 0. The van der Waals surface area contributed by atoms with Gasteiger partial charge in [0.25, 0.3) is 0 Å². The number of hydrogen-bond acceptors (Lipinski definition) is 6. The number of rotatable bonds is 0. The lowest BCUT2D eigenvalue weighted by Crippen LogP contribution is -2.16. The molecule has 0 aliphatic heterocycles. The number of phenolic OH excluding ortho intramolecular Hbond substituents is 6. The summed E-state index contributed by atoms with van der Waals surface area (Å²) in [6, 6.07) is 8.56. The van der Waals surface area contributed by atoms with Crippen molar-refractivity contribution in [1.82, 2.24) is 0 Å². The minimum atomic E-state index is -0.575. The van der Waals surface area contributed by atoms with Crippen LogP contribution < -0.4 is 0 Å². The van der Waals surface area contributed by atoms with Gasteiger partial charge < -0.3 is 30.6 Å². The van der Waals surface area contributed by atoms with E-state index >= 15 is 0 Å². The van der Waals surface area contributed by atoms with E-state index in [0.29, 0.717) is 34.2 Å². The van der Waals surface area contributed by atoms with Gasteiger partial charge in [0.05, 0.1) is 0 Å². The first-order valence-electron chi connectivity index (χ1n) is 8.51. The van der Waals surface area contributed by atoms with Crippen molar-refractivity contribution >= 4 is 0 Å². The fraction of sp³-hybridized carbons (Fsp3) is 0.143. The Kier molecular flexibility index (Phi) is 2.91. The molecule has 27 heavy (non-hydrogen) atoms. The summed E-state index contributed by atoms with van der Waals surface area (Å²) < 4.78 is 0. The predicted octanol–water partition coefficient (Wildman–Crippen LogP) is 3.10. The molecule has 2 atom stereocenters. The smallest absolute Gasteiger partial charge is 0.157 e. The summed E-state index contributed by atoms with van der Waals surface area (Å²) in [5, 5.41) is 61.2. The van der Waals surface area contributed by atoms with Crippen LogP contribution in [0, 0.1) is 0 Å². The third kappa shape index (κ3) is 2.01. The van der Waals surface area contributed by atoms with Gasteiger partial charge in [-0.3, -0.25) is 0 Å². The highest BCUT2D eigenvalue weighted by Gasteiger charge is 2.42. The zero-order valence-electron chi connectivity index (χ0n) is 14.0. The Hall–Kier alpha value is -3.54. The number of aromatic hydroxyl groups is 6. The molecule has 6 nitrogen and oxygen atoms in total. The molecule has 0 heterocycles. The first kappa shape index (κ1) is 15.7. The predicted molar refractivity (Wildman–Crippen MR) is 95.8 cm³/mol. The lowest BCUT2D eigenvalue weighted by molar-refractivity contribution is 0.401. The highest BCUT2D eigenvalue weighted by Crippen LogP contribution is 2.58. The van der Waals surface area contributed by atoms with Crippen LogP contribution in [-0.4, -0.2) is 30.6 Å². The third-order valence-electron chi connectivity index (χ3n) is 5.64. The molecule has 0 fully saturated rings. The highest BCUT2D eigenvalue weighted by molar-refractivity contribution is 5.70. The molecule has 3 aliphatic carbocycles. The standard InChI is InChI=1S/C21H16O6/c22-9-1-8-2-12-11-6-15(24)16(25)7-13(11)21(19(8)17(26)4-9)14-3-10(23)5-18(27)20(12)14/h1,3-7,12,21-27H,2H2/t12-,21+/m1/s1. The van der Waals surface area contributed by atoms with Crippen LogP contribution in [-0.2, 0) is 6.42 Å². The number of hydrogen-bond donors (Lipinski definition) is 6. The lowest BCUT2D eigenvalue weighted by atomic mass is 9.72. The van der Waals surface area contributed by atoms with Crippen molar-refractivity contribution in [2.24, 2.45) is 0 Å². The van der Waals surface area contributed by atoms with Gasteiger partial charge >= 0.3 is 0 Å². The molecule has 136 valence electrons. The summed E-state index contributed by atoms with van der Waals surface area (Å²) in [6.45, 7) is 0. The molecule has 0 saturated carbocycles. The average molecular weight is 364 g/mol. The molecule has 0 amide bonds. The van der Waals surface area contributed by atoms with E-state index in [1.54, 1.807) is 12.1 Å². The van der Waals surface area contributed by atoms with E-state index in [-0.39, 0.29) is 40.4 Å². The van der Waals surface area contributed by atoms with E-state index in [2.05, 4.69) is 0 Å². The summed E-state index contributed by atoms with van der Waals surface area (Å²) in [4.78, 5) is 0. The molecule has 0 aromatic heterocycles. The molecule has 0 saturated heterocycles. The second kappa shape index (κ2) is 5.01. The van der Waals surface area contributed by atoms with Gasteiger partial charge in [-0.1, -0.05) is 0 Å². The number of benzene rings is 3. The van der Waals surface area contributed by atoms with E-state index in [1.165, 1.54) is 24.3 Å². The zero-order valence-corrected chi connectivity index (χ0v) is 14.0. The van der Waals surface area contributed by atoms with Crippen molar-refractivity contribution in [3.8, 4) is 34.5 Å². The lowest BCUT2D eigenvalue weighted by Gasteiger charge is -2.32. The van der Waals surface area contributed by atoms with Crippen LogP contribution in [0.15, 0.2) is 36.4 Å². The van der Waals surface area contributed by atoms with Crippen LogP contribution in [0.3, 0.4) is 0 Å². The largest absolute Gasteiger partial charge is 0.508 e. The molecule has 0 radical (unpaired) electrons. The van der Waals surface area contributed by atoms with E-state index in [4.69, 9.17) is 0 Å². The van der Waals surface area contributed by atoms with Crippen molar-refractivity contribution in [1.29, 1.82) is 0 Å². The van der Waals surface area contributed by atoms with Crippen LogP contribution in [0.1, 0.15) is 45.2 Å². The van der Waals surface area contributed by atoms with E-state index in [1.807, 2.05) is 0 Å². The van der Waals surface area contributed by atoms with Crippen LogP contribution in [0.2, 0.25) is 0 Å². The van der Waals surface area contributed by atoms with Gasteiger partial charge in [0.2, 0.25) is 0 Å². The number of phenols is 6. The van der Waals surface area contributed by atoms with Crippen LogP contribution >= 0.6 is 0 Å². The zero-order chi connectivity index (χ0) is 19.0. The Morgan fingerprint density at radius 2 is 1.15 bits per heavy atom. The average Bonchev–Trinajstić information content (AvgIpc) is 2.79. The molecule has 3 aromatic rings. The van der Waals surface area contributed by atoms with Crippen LogP contribution in [0.5, 0.6) is 34.5 Å². The second-order valence-electron chi connectivity index (χ2n) is 7.17. The monoisotopic (exact) mass is 364 g/mol. The Bertz CT molecular complexity index is 1130. The fourth-order valence-corrected chi connectivity index (χ4v) is 4.67. The maximum absolute atomic E-state index is 10.6. The SMILES string of the molecule is Oc1cc(O)c2c(c1)C[C@@H]1c3cc(O)c(O)cc3[C@H]2c2cc(O)cc(O)c21. The minimum absolute atomic E-state index is 0.0709. The molecular weight excluding hydrogens is 348 g/mol. The Labute approximate surface area is 153 Å². The summed E-state index contributed by atoms with van der Waals surface area (Å²) in [5.41, 5.74) is 3.87. The molecule has 0 spiro atoms. The first-order chi connectivity index (χ1) is 12.8. The van der Waals surface area contributed by atoms with Gasteiger partial charge in [-0.15, -0.1) is 0 Å². The molecule has 3 aliphatic rings. The van der Waals surface area contributed by atoms with E-state index in [9.17, 15) is 30.6 Å². The van der Waals surface area contributed by atoms with Gasteiger partial charge in [-0.2, -0.15) is 0 Å². The van der Waals surface area contributed by atoms with Crippen molar-refractivity contribution in [2.75, 3.05) is 0 Å². The maximum atomic E-state index is 10.6. The van der Waals surface area contributed by atoms with E-state index in [0.717, 1.165) is 5.56 Å². The van der Waals surface area contributed by atoms with Crippen molar-refractivity contribution in [3.05, 3.63) is 69.8 Å². The Morgan fingerprint density at radius 1 is 0.556 bits per heavy atom. The van der Waals surface area contributed by atoms with Gasteiger partial charge in [-0.25, -0.2) is 0 Å². The molecule has 0 unspecified atom stereocenters. The summed E-state index contributed by atoms with van der Waals surface area (Å²) in [6.07, 6.45) is 0.371. The second-order valence-corrected chi connectivity index (χ2v) is 7.17. The Balaban J connectivity index is 1.94. The van der Waals surface area contributed by atoms with Crippen LogP contribution in [0.4, 0.5) is 0 Å². The minimum Gasteiger partial charge on any atom is -0.508 e. The molecule has 2 bridgehead atoms. The maximum Gasteiger partial charge on any atom is 0.157 e. The third-order valence-corrected chi connectivity index (χ3v) is 5.64. The highest BCUT2D eigenvalue weighted by atomic mass is 16.3. The molecule has 6 heteroatoms. The normalized spacial score (nSPS) is 19.1. The quantitative estimate of drug-likeness (QED) is 0.341. The Morgan fingerprint density at radius 3 is 1.85 bits per heavy atom. The van der Waals surface area contributed by atoms with Crippen molar-refractivity contribution in [2.45, 2.75) is 18.3 Å². The van der Waals surface area contributed by atoms with Crippen molar-refractivity contribution < 1.29 is 30.6 Å². The van der Waals surface area contributed by atoms with Gasteiger partial charge in [-0.05, 0) is 52.9 Å². The van der Waals surface area contributed by atoms with E-state index < -0.39 is 5.92 Å². The molecule has 6 N–H and O–H groups in total. The van der Waals surface area contributed by atoms with Crippen LogP contribution in [0.25, 0.3) is 0 Å². The fourth-order valence-electron chi connectivity index (χ4n) is 4.67. The van der Waals surface area contributed by atoms with Gasteiger partial charge in [0, 0.05) is 35.1 Å². The summed E-state index contributed by atoms with van der Waals surface area (Å²) in [5.74, 6) is -1.86. The molecular formula is C21H16O6. The molecule has 3 aromatic carbocycles. The summed E-state index contributed by atoms with van der Waals surface area (Å²) in [7, 11) is 0.